The molecular formula is C11H9BrCl2F4O. The van der Waals surface area contributed by atoms with Crippen molar-refractivity contribution in [1.29, 1.82) is 0 Å². The van der Waals surface area contributed by atoms with E-state index >= 15 is 0 Å². The second-order valence-corrected chi connectivity index (χ2v) is 5.50. The van der Waals surface area contributed by atoms with E-state index in [1.54, 1.807) is 0 Å². The van der Waals surface area contributed by atoms with Crippen molar-refractivity contribution in [2.24, 2.45) is 0 Å². The average molecular weight is 384 g/mol. The van der Waals surface area contributed by atoms with Gasteiger partial charge in [-0.05, 0) is 34.5 Å². The van der Waals surface area contributed by atoms with Crippen LogP contribution in [0.5, 0.6) is 0 Å². The van der Waals surface area contributed by atoms with Crippen LogP contribution in [0.25, 0.3) is 0 Å². The van der Waals surface area contributed by atoms with Crippen LogP contribution in [0.1, 0.15) is 17.4 Å². The summed E-state index contributed by atoms with van der Waals surface area (Å²) in [6, 6.07) is 2.49. The summed E-state index contributed by atoms with van der Waals surface area (Å²) in [6.07, 6.45) is -4.33. The maximum absolute atomic E-state index is 13.6. The van der Waals surface area contributed by atoms with Gasteiger partial charge in [0.05, 0.1) is 10.4 Å². The first-order valence-electron chi connectivity index (χ1n) is 5.13. The fraction of sp³-hybridized carbons (Fsp3) is 0.455. The van der Waals surface area contributed by atoms with Gasteiger partial charge in [0, 0.05) is 16.6 Å². The topological polar surface area (TPSA) is 9.23 Å². The molecule has 0 fully saturated rings. The van der Waals surface area contributed by atoms with Crippen LogP contribution >= 0.6 is 39.1 Å². The molecule has 1 rings (SSSR count). The minimum Gasteiger partial charge on any atom is -0.372 e. The molecule has 0 aliphatic carbocycles. The molecule has 0 bridgehead atoms. The van der Waals surface area contributed by atoms with Gasteiger partial charge in [-0.1, -0.05) is 11.6 Å². The number of hydrogen-bond acceptors (Lipinski definition) is 1. The Kier molecular flexibility index (Phi) is 6.36. The molecule has 0 spiro atoms. The second kappa shape index (κ2) is 7.11. The molecule has 1 atom stereocenters. The molecule has 0 heterocycles. The van der Waals surface area contributed by atoms with Gasteiger partial charge in [0.25, 0.3) is 0 Å². The zero-order valence-corrected chi connectivity index (χ0v) is 12.5. The van der Waals surface area contributed by atoms with E-state index in [2.05, 4.69) is 20.7 Å². The molecule has 0 aliphatic rings. The Bertz CT molecular complexity index is 439. The van der Waals surface area contributed by atoms with Gasteiger partial charge in [0.1, 0.15) is 12.4 Å². The molecule has 0 aliphatic heterocycles. The fourth-order valence-corrected chi connectivity index (χ4v) is 2.05. The summed E-state index contributed by atoms with van der Waals surface area (Å²) in [5.41, 5.74) is 0.130. The SMILES string of the molecule is Fc1cc(Br)c(Cl)cc1C(Cl)CCOCC(F)(F)F. The van der Waals surface area contributed by atoms with Crippen LogP contribution in [0.2, 0.25) is 5.02 Å². The Morgan fingerprint density at radius 1 is 1.32 bits per heavy atom. The molecule has 108 valence electrons. The van der Waals surface area contributed by atoms with E-state index < -0.39 is 24.0 Å². The summed E-state index contributed by atoms with van der Waals surface area (Å²) in [6.45, 7) is -1.57. The number of halogens is 7. The van der Waals surface area contributed by atoms with Crippen molar-refractivity contribution in [3.8, 4) is 0 Å². The van der Waals surface area contributed by atoms with Gasteiger partial charge in [0.2, 0.25) is 0 Å². The number of benzene rings is 1. The largest absolute Gasteiger partial charge is 0.411 e. The van der Waals surface area contributed by atoms with Crippen molar-refractivity contribution >= 4 is 39.1 Å². The van der Waals surface area contributed by atoms with E-state index in [-0.39, 0.29) is 23.6 Å². The standard InChI is InChI=1S/C11H9BrCl2F4O/c12-7-4-10(15)6(3-9(7)14)8(13)1-2-19-5-11(16,17)18/h3-4,8H,1-2,5H2. The Morgan fingerprint density at radius 3 is 2.53 bits per heavy atom. The van der Waals surface area contributed by atoms with Crippen LogP contribution in [-0.4, -0.2) is 19.4 Å². The quantitative estimate of drug-likeness (QED) is 0.282. The number of ether oxygens (including phenoxy) is 1. The van der Waals surface area contributed by atoms with Gasteiger partial charge in [-0.2, -0.15) is 13.2 Å². The van der Waals surface area contributed by atoms with E-state index in [0.29, 0.717) is 4.47 Å². The summed E-state index contributed by atoms with van der Waals surface area (Å²) in [7, 11) is 0. The molecule has 0 saturated heterocycles. The molecule has 1 aromatic rings. The number of hydrogen-bond donors (Lipinski definition) is 0. The van der Waals surface area contributed by atoms with Gasteiger partial charge in [-0.25, -0.2) is 4.39 Å². The first-order valence-corrected chi connectivity index (χ1v) is 6.74. The van der Waals surface area contributed by atoms with Gasteiger partial charge in [-0.15, -0.1) is 11.6 Å². The minimum absolute atomic E-state index is 0.0481. The molecule has 0 N–H and O–H groups in total. The third-order valence-electron chi connectivity index (χ3n) is 2.16. The molecule has 1 unspecified atom stereocenters. The highest BCUT2D eigenvalue weighted by Crippen LogP contribution is 2.33. The summed E-state index contributed by atoms with van der Waals surface area (Å²) < 4.78 is 53.8. The third kappa shape index (κ3) is 5.85. The lowest BCUT2D eigenvalue weighted by atomic mass is 10.1. The molecule has 1 aromatic carbocycles. The highest BCUT2D eigenvalue weighted by atomic mass is 79.9. The lowest BCUT2D eigenvalue weighted by Crippen LogP contribution is -2.17. The predicted molar refractivity (Wildman–Crippen MR) is 69.2 cm³/mol. The Morgan fingerprint density at radius 2 is 1.95 bits per heavy atom. The number of rotatable bonds is 5. The molecular weight excluding hydrogens is 375 g/mol. The van der Waals surface area contributed by atoms with Crippen LogP contribution in [0.15, 0.2) is 16.6 Å². The van der Waals surface area contributed by atoms with Crippen LogP contribution in [-0.2, 0) is 4.74 Å². The average Bonchev–Trinajstić information content (AvgIpc) is 2.28. The third-order valence-corrected chi connectivity index (χ3v) is 3.81. The normalized spacial score (nSPS) is 13.6. The predicted octanol–water partition coefficient (Wildman–Crippen LogP) is 5.49. The molecule has 19 heavy (non-hydrogen) atoms. The fourth-order valence-electron chi connectivity index (χ4n) is 1.31. The van der Waals surface area contributed by atoms with Crippen LogP contribution < -0.4 is 0 Å². The van der Waals surface area contributed by atoms with Crippen LogP contribution in [0, 0.1) is 5.82 Å². The Hall–Kier alpha value is -0.0400. The zero-order chi connectivity index (χ0) is 14.6. The van der Waals surface area contributed by atoms with E-state index in [4.69, 9.17) is 23.2 Å². The van der Waals surface area contributed by atoms with Crippen LogP contribution in [0.3, 0.4) is 0 Å². The summed E-state index contributed by atoms with van der Waals surface area (Å²) in [5, 5.41) is -0.530. The first kappa shape index (κ1) is 17.0. The monoisotopic (exact) mass is 382 g/mol. The molecule has 0 amide bonds. The molecule has 0 saturated carbocycles. The van der Waals surface area contributed by atoms with E-state index in [1.165, 1.54) is 6.07 Å². The molecule has 0 aromatic heterocycles. The Labute approximate surface area is 126 Å². The van der Waals surface area contributed by atoms with Gasteiger partial charge in [-0.3, -0.25) is 0 Å². The summed E-state index contributed by atoms with van der Waals surface area (Å²) >= 11 is 14.8. The Balaban J connectivity index is 2.54. The smallest absolute Gasteiger partial charge is 0.372 e. The highest BCUT2D eigenvalue weighted by molar-refractivity contribution is 9.10. The first-order chi connectivity index (χ1) is 8.70. The van der Waals surface area contributed by atoms with E-state index in [1.807, 2.05) is 0 Å². The van der Waals surface area contributed by atoms with E-state index in [0.717, 1.165) is 6.07 Å². The molecule has 1 nitrogen and oxygen atoms in total. The van der Waals surface area contributed by atoms with Crippen molar-refractivity contribution in [3.05, 3.63) is 33.0 Å². The molecule has 8 heteroatoms. The molecule has 0 radical (unpaired) electrons. The van der Waals surface area contributed by atoms with Gasteiger partial charge in [0.15, 0.2) is 0 Å². The van der Waals surface area contributed by atoms with Gasteiger partial charge >= 0.3 is 6.18 Å². The number of alkyl halides is 4. The summed E-state index contributed by atoms with van der Waals surface area (Å²) in [4.78, 5) is 0. The van der Waals surface area contributed by atoms with Crippen molar-refractivity contribution in [1.82, 2.24) is 0 Å². The van der Waals surface area contributed by atoms with Crippen molar-refractivity contribution in [2.45, 2.75) is 18.0 Å². The maximum atomic E-state index is 13.6. The van der Waals surface area contributed by atoms with Crippen molar-refractivity contribution < 1.29 is 22.3 Å². The summed E-state index contributed by atoms with van der Waals surface area (Å²) in [5.74, 6) is -0.577. The lowest BCUT2D eigenvalue weighted by molar-refractivity contribution is -0.174. The van der Waals surface area contributed by atoms with E-state index in [9.17, 15) is 17.6 Å². The second-order valence-electron chi connectivity index (χ2n) is 3.71. The maximum Gasteiger partial charge on any atom is 0.411 e. The van der Waals surface area contributed by atoms with Gasteiger partial charge < -0.3 is 4.74 Å². The minimum atomic E-state index is -4.38. The zero-order valence-electron chi connectivity index (χ0n) is 9.41. The van der Waals surface area contributed by atoms with Crippen LogP contribution in [0.4, 0.5) is 17.6 Å². The highest BCUT2D eigenvalue weighted by Gasteiger charge is 2.27. The van der Waals surface area contributed by atoms with Crippen molar-refractivity contribution in [2.75, 3.05) is 13.2 Å². The van der Waals surface area contributed by atoms with Crippen molar-refractivity contribution in [3.63, 3.8) is 0 Å². The lowest BCUT2D eigenvalue weighted by Gasteiger charge is -2.13.